The summed E-state index contributed by atoms with van der Waals surface area (Å²) < 4.78 is 10.7. The largest absolute Gasteiger partial charge is 0.493 e. The van der Waals surface area contributed by atoms with Crippen LogP contribution in [0.25, 0.3) is 0 Å². The lowest BCUT2D eigenvalue weighted by Gasteiger charge is -2.13. The van der Waals surface area contributed by atoms with Crippen molar-refractivity contribution in [2.24, 2.45) is 4.99 Å². The molecule has 0 saturated heterocycles. The van der Waals surface area contributed by atoms with Gasteiger partial charge in [-0.1, -0.05) is 29.8 Å². The quantitative estimate of drug-likeness (QED) is 0.425. The molecule has 0 aromatic heterocycles. The van der Waals surface area contributed by atoms with E-state index in [-0.39, 0.29) is 0 Å². The van der Waals surface area contributed by atoms with Crippen molar-refractivity contribution in [3.05, 3.63) is 59.1 Å². The van der Waals surface area contributed by atoms with Gasteiger partial charge in [-0.05, 0) is 29.8 Å². The molecule has 134 valence electrons. The van der Waals surface area contributed by atoms with Crippen molar-refractivity contribution < 1.29 is 9.47 Å². The molecule has 0 fully saturated rings. The predicted octanol–water partition coefficient (Wildman–Crippen LogP) is 3.94. The van der Waals surface area contributed by atoms with Crippen LogP contribution in [0.15, 0.2) is 53.5 Å². The second-order valence-electron chi connectivity index (χ2n) is 5.40. The van der Waals surface area contributed by atoms with Crippen LogP contribution in [0.4, 0.5) is 5.69 Å². The van der Waals surface area contributed by atoms with Crippen LogP contribution in [0.5, 0.6) is 5.75 Å². The molecule has 5 nitrogen and oxygen atoms in total. The second kappa shape index (κ2) is 10.6. The zero-order chi connectivity index (χ0) is 17.9. The number of nitrogens with zero attached hydrogens (tertiary/aromatic N) is 1. The van der Waals surface area contributed by atoms with Crippen LogP contribution in [0, 0.1) is 0 Å². The summed E-state index contributed by atoms with van der Waals surface area (Å²) in [4.78, 5) is 4.24. The van der Waals surface area contributed by atoms with E-state index < -0.39 is 0 Å². The molecule has 0 aliphatic carbocycles. The second-order valence-corrected chi connectivity index (χ2v) is 5.84. The number of nitrogens with one attached hydrogen (secondary N) is 2. The molecular formula is C19H24ClN3O2. The van der Waals surface area contributed by atoms with E-state index in [2.05, 4.69) is 15.6 Å². The molecule has 0 heterocycles. The van der Waals surface area contributed by atoms with Crippen LogP contribution in [0.1, 0.15) is 12.0 Å². The Kier molecular flexibility index (Phi) is 8.09. The Labute approximate surface area is 154 Å². The molecule has 0 bridgehead atoms. The number of anilines is 1. The maximum atomic E-state index is 5.90. The van der Waals surface area contributed by atoms with E-state index in [4.69, 9.17) is 21.1 Å². The molecule has 0 spiro atoms. The lowest BCUT2D eigenvalue weighted by atomic mass is 10.2. The average molecular weight is 362 g/mol. The van der Waals surface area contributed by atoms with Gasteiger partial charge in [-0.3, -0.25) is 4.99 Å². The van der Waals surface area contributed by atoms with Gasteiger partial charge in [0.25, 0.3) is 0 Å². The van der Waals surface area contributed by atoms with E-state index >= 15 is 0 Å². The van der Waals surface area contributed by atoms with Crippen molar-refractivity contribution in [3.8, 4) is 5.75 Å². The molecule has 0 atom stereocenters. The highest BCUT2D eigenvalue weighted by atomic mass is 35.5. The average Bonchev–Trinajstić information content (AvgIpc) is 2.64. The summed E-state index contributed by atoms with van der Waals surface area (Å²) in [6, 6.07) is 15.5. The fourth-order valence-electron chi connectivity index (χ4n) is 2.16. The molecule has 0 unspecified atom stereocenters. The number of hydrogen-bond donors (Lipinski definition) is 2. The Balaban J connectivity index is 1.86. The third-order valence-electron chi connectivity index (χ3n) is 3.46. The number of benzene rings is 2. The van der Waals surface area contributed by atoms with Crippen molar-refractivity contribution >= 4 is 23.2 Å². The maximum absolute atomic E-state index is 5.90. The molecule has 0 aliphatic rings. The topological polar surface area (TPSA) is 54.9 Å². The molecule has 0 radical (unpaired) electrons. The molecule has 0 saturated carbocycles. The van der Waals surface area contributed by atoms with Crippen molar-refractivity contribution in [1.29, 1.82) is 0 Å². The fraction of sp³-hybridized carbons (Fsp3) is 0.316. The number of ether oxygens (including phenoxy) is 2. The van der Waals surface area contributed by atoms with Crippen LogP contribution in [0.2, 0.25) is 5.02 Å². The van der Waals surface area contributed by atoms with Gasteiger partial charge in [-0.15, -0.1) is 0 Å². The predicted molar refractivity (Wildman–Crippen MR) is 104 cm³/mol. The lowest BCUT2D eigenvalue weighted by molar-refractivity contribution is 0.172. The van der Waals surface area contributed by atoms with Crippen molar-refractivity contribution in [2.75, 3.05) is 32.7 Å². The van der Waals surface area contributed by atoms with Gasteiger partial charge in [-0.2, -0.15) is 0 Å². The van der Waals surface area contributed by atoms with E-state index in [1.54, 1.807) is 14.2 Å². The van der Waals surface area contributed by atoms with E-state index in [1.165, 1.54) is 0 Å². The zero-order valence-electron chi connectivity index (χ0n) is 14.6. The number of rotatable bonds is 8. The normalized spacial score (nSPS) is 11.2. The Morgan fingerprint density at radius 1 is 1.12 bits per heavy atom. The monoisotopic (exact) mass is 361 g/mol. The van der Waals surface area contributed by atoms with Gasteiger partial charge in [0.1, 0.15) is 5.75 Å². The molecule has 6 heteroatoms. The van der Waals surface area contributed by atoms with Crippen LogP contribution < -0.4 is 15.4 Å². The van der Waals surface area contributed by atoms with E-state index in [9.17, 15) is 0 Å². The summed E-state index contributed by atoms with van der Waals surface area (Å²) in [7, 11) is 3.43. The van der Waals surface area contributed by atoms with Gasteiger partial charge in [0.2, 0.25) is 0 Å². The van der Waals surface area contributed by atoms with Gasteiger partial charge in [0.15, 0.2) is 5.96 Å². The van der Waals surface area contributed by atoms with Gasteiger partial charge in [-0.25, -0.2) is 0 Å². The van der Waals surface area contributed by atoms with Crippen LogP contribution in [-0.4, -0.2) is 33.3 Å². The Morgan fingerprint density at radius 3 is 2.64 bits per heavy atom. The van der Waals surface area contributed by atoms with Crippen LogP contribution in [0.3, 0.4) is 0 Å². The van der Waals surface area contributed by atoms with Gasteiger partial charge in [0.05, 0.1) is 6.61 Å². The minimum absolute atomic E-state index is 0.626. The van der Waals surface area contributed by atoms with Crippen LogP contribution >= 0.6 is 11.6 Å². The lowest BCUT2D eigenvalue weighted by Crippen LogP contribution is -2.30. The minimum Gasteiger partial charge on any atom is -0.493 e. The summed E-state index contributed by atoms with van der Waals surface area (Å²) in [6.07, 6.45) is 0.860. The highest BCUT2D eigenvalue weighted by Crippen LogP contribution is 2.17. The maximum Gasteiger partial charge on any atom is 0.195 e. The minimum atomic E-state index is 0.626. The van der Waals surface area contributed by atoms with E-state index in [0.717, 1.165) is 28.4 Å². The van der Waals surface area contributed by atoms with E-state index in [0.29, 0.717) is 25.7 Å². The smallest absolute Gasteiger partial charge is 0.195 e. The van der Waals surface area contributed by atoms with Gasteiger partial charge >= 0.3 is 0 Å². The molecule has 2 N–H and O–H groups in total. The number of halogens is 1. The van der Waals surface area contributed by atoms with Crippen molar-refractivity contribution in [3.63, 3.8) is 0 Å². The number of methoxy groups -OCH3 is 1. The molecular weight excluding hydrogens is 338 g/mol. The molecule has 0 amide bonds. The Hall–Kier alpha value is -2.24. The highest BCUT2D eigenvalue weighted by Gasteiger charge is 2.02. The first-order chi connectivity index (χ1) is 12.2. The molecule has 2 aromatic rings. The molecule has 2 rings (SSSR count). The number of guanidine groups is 1. The first-order valence-corrected chi connectivity index (χ1v) is 8.53. The van der Waals surface area contributed by atoms with Crippen molar-refractivity contribution in [2.45, 2.75) is 13.0 Å². The SMILES string of the molecule is CN=C(NCc1ccc(Cl)cc1)Nc1cccc(OCCCOC)c1. The summed E-state index contributed by atoms with van der Waals surface area (Å²) in [5.41, 5.74) is 2.04. The fourth-order valence-corrected chi connectivity index (χ4v) is 2.29. The Morgan fingerprint density at radius 2 is 1.92 bits per heavy atom. The van der Waals surface area contributed by atoms with Crippen molar-refractivity contribution in [1.82, 2.24) is 5.32 Å². The zero-order valence-corrected chi connectivity index (χ0v) is 15.3. The summed E-state index contributed by atoms with van der Waals surface area (Å²) in [5, 5.41) is 7.26. The summed E-state index contributed by atoms with van der Waals surface area (Å²) in [6.45, 7) is 1.98. The summed E-state index contributed by atoms with van der Waals surface area (Å²) >= 11 is 5.90. The van der Waals surface area contributed by atoms with Crippen LogP contribution in [-0.2, 0) is 11.3 Å². The third kappa shape index (κ3) is 7.03. The van der Waals surface area contributed by atoms with Gasteiger partial charge in [0, 0.05) is 50.5 Å². The number of hydrogen-bond acceptors (Lipinski definition) is 3. The van der Waals surface area contributed by atoms with Gasteiger partial charge < -0.3 is 20.1 Å². The number of aliphatic imine (C=N–C) groups is 1. The van der Waals surface area contributed by atoms with E-state index in [1.807, 2.05) is 48.5 Å². The molecule has 2 aromatic carbocycles. The first kappa shape index (κ1) is 19.1. The third-order valence-corrected chi connectivity index (χ3v) is 3.71. The summed E-state index contributed by atoms with van der Waals surface area (Å²) in [5.74, 6) is 1.50. The highest BCUT2D eigenvalue weighted by molar-refractivity contribution is 6.30. The standard InChI is InChI=1S/C19H24ClN3O2/c1-21-19(22-14-15-7-9-16(20)10-8-15)23-17-5-3-6-18(13-17)25-12-4-11-24-2/h3,5-10,13H,4,11-12,14H2,1-2H3,(H2,21,22,23). The Bertz CT molecular complexity index is 675. The first-order valence-electron chi connectivity index (χ1n) is 8.15. The molecule has 25 heavy (non-hydrogen) atoms. The molecule has 0 aliphatic heterocycles.